The van der Waals surface area contributed by atoms with E-state index in [2.05, 4.69) is 10.2 Å². The average Bonchev–Trinajstić information content (AvgIpc) is 2.70. The van der Waals surface area contributed by atoms with E-state index < -0.39 is 24.7 Å². The first kappa shape index (κ1) is 13.6. The molecule has 4 nitrogen and oxygen atoms in total. The Balaban J connectivity index is 1.73. The summed E-state index contributed by atoms with van der Waals surface area (Å²) in [6.07, 6.45) is 0.702. The molecular weight excluding hydrogens is 249 g/mol. The van der Waals surface area contributed by atoms with Crippen LogP contribution >= 0.6 is 0 Å². The van der Waals surface area contributed by atoms with Gasteiger partial charge in [-0.15, -0.1) is 0 Å². The predicted octanol–water partition coefficient (Wildman–Crippen LogP) is 1.52. The van der Waals surface area contributed by atoms with E-state index in [9.17, 15) is 18.0 Å². The lowest BCUT2D eigenvalue weighted by Crippen LogP contribution is -2.44. The Labute approximate surface area is 103 Å². The highest BCUT2D eigenvalue weighted by Crippen LogP contribution is 2.33. The molecule has 0 aromatic carbocycles. The number of amides is 1. The van der Waals surface area contributed by atoms with Crippen molar-refractivity contribution in [3.8, 4) is 0 Å². The van der Waals surface area contributed by atoms with Crippen LogP contribution in [-0.4, -0.2) is 30.8 Å². The molecule has 1 aliphatic carbocycles. The summed E-state index contributed by atoms with van der Waals surface area (Å²) in [5, 5.41) is 3.17. The van der Waals surface area contributed by atoms with Crippen molar-refractivity contribution in [2.75, 3.05) is 6.61 Å². The Morgan fingerprint density at radius 2 is 2.06 bits per heavy atom. The van der Waals surface area contributed by atoms with E-state index in [1.165, 1.54) is 6.42 Å². The number of halogens is 3. The van der Waals surface area contributed by atoms with Gasteiger partial charge in [-0.25, -0.2) is 5.48 Å². The Kier molecular flexibility index (Phi) is 4.11. The fourth-order valence-electron chi connectivity index (χ4n) is 2.78. The summed E-state index contributed by atoms with van der Waals surface area (Å²) in [6.45, 7) is -1.46. The molecule has 1 saturated carbocycles. The maximum atomic E-state index is 11.8. The molecule has 0 bridgehead atoms. The summed E-state index contributed by atoms with van der Waals surface area (Å²) in [5.41, 5.74) is 1.87. The average molecular weight is 266 g/mol. The van der Waals surface area contributed by atoms with Gasteiger partial charge >= 0.3 is 6.18 Å². The molecule has 3 atom stereocenters. The van der Waals surface area contributed by atoms with Gasteiger partial charge in [0.05, 0.1) is 6.04 Å². The molecule has 1 heterocycles. The summed E-state index contributed by atoms with van der Waals surface area (Å²) in [6, 6.07) is -0.0940. The van der Waals surface area contributed by atoms with Gasteiger partial charge < -0.3 is 5.32 Å². The molecule has 1 saturated heterocycles. The highest BCUT2D eigenvalue weighted by atomic mass is 19.4. The van der Waals surface area contributed by atoms with E-state index in [4.69, 9.17) is 0 Å². The van der Waals surface area contributed by atoms with Gasteiger partial charge in [0.15, 0.2) is 6.61 Å². The summed E-state index contributed by atoms with van der Waals surface area (Å²) in [5.74, 6) is -0.0363. The largest absolute Gasteiger partial charge is 0.414 e. The fourth-order valence-corrected chi connectivity index (χ4v) is 2.78. The third-order valence-electron chi connectivity index (χ3n) is 3.59. The Hall–Kier alpha value is -0.820. The van der Waals surface area contributed by atoms with Crippen molar-refractivity contribution in [2.24, 2.45) is 5.92 Å². The number of carbonyl (C=O) groups is 1. The minimum Gasteiger partial charge on any atom is -0.303 e. The van der Waals surface area contributed by atoms with E-state index in [-0.39, 0.29) is 0 Å². The standard InChI is InChI=1S/C11H17F3N2O2/c12-11(13,14)6-18-16-10(17)9-5-7-3-1-2-4-8(7)15-9/h7-9,15H,1-6H2,(H,16,17). The van der Waals surface area contributed by atoms with Crippen molar-refractivity contribution < 1.29 is 22.8 Å². The van der Waals surface area contributed by atoms with Gasteiger partial charge in [0, 0.05) is 6.04 Å². The zero-order chi connectivity index (χ0) is 13.2. The van der Waals surface area contributed by atoms with Gasteiger partial charge in [-0.3, -0.25) is 9.63 Å². The minimum absolute atomic E-state index is 0.331. The van der Waals surface area contributed by atoms with E-state index in [0.29, 0.717) is 18.4 Å². The zero-order valence-electron chi connectivity index (χ0n) is 9.93. The van der Waals surface area contributed by atoms with Crippen molar-refractivity contribution in [3.63, 3.8) is 0 Å². The summed E-state index contributed by atoms with van der Waals surface area (Å²) >= 11 is 0. The lowest BCUT2D eigenvalue weighted by Gasteiger charge is -2.24. The van der Waals surface area contributed by atoms with Gasteiger partial charge in [0.25, 0.3) is 5.91 Å². The molecule has 2 rings (SSSR count). The van der Waals surface area contributed by atoms with Crippen molar-refractivity contribution in [2.45, 2.75) is 50.4 Å². The number of carbonyl (C=O) groups excluding carboxylic acids is 1. The second-order valence-corrected chi connectivity index (χ2v) is 4.98. The smallest absolute Gasteiger partial charge is 0.303 e. The van der Waals surface area contributed by atoms with Crippen LogP contribution in [0.5, 0.6) is 0 Å². The highest BCUT2D eigenvalue weighted by Gasteiger charge is 2.38. The molecule has 0 radical (unpaired) electrons. The second-order valence-electron chi connectivity index (χ2n) is 4.98. The van der Waals surface area contributed by atoms with Crippen LogP contribution < -0.4 is 10.8 Å². The molecule has 7 heteroatoms. The quantitative estimate of drug-likeness (QED) is 0.761. The second kappa shape index (κ2) is 5.44. The van der Waals surface area contributed by atoms with Crippen LogP contribution in [-0.2, 0) is 9.63 Å². The van der Waals surface area contributed by atoms with E-state index >= 15 is 0 Å². The SMILES string of the molecule is O=C(NOCC(F)(F)F)C1CC2CCCCC2N1. The van der Waals surface area contributed by atoms with Crippen molar-refractivity contribution in [1.29, 1.82) is 0 Å². The van der Waals surface area contributed by atoms with Crippen LogP contribution in [0.1, 0.15) is 32.1 Å². The number of rotatable bonds is 3. The summed E-state index contributed by atoms with van der Waals surface area (Å²) in [7, 11) is 0. The van der Waals surface area contributed by atoms with Crippen LogP contribution in [0.3, 0.4) is 0 Å². The molecule has 2 aliphatic rings. The molecule has 0 aromatic rings. The number of nitrogens with one attached hydrogen (secondary N) is 2. The normalized spacial score (nSPS) is 32.1. The predicted molar refractivity (Wildman–Crippen MR) is 57.4 cm³/mol. The zero-order valence-corrected chi connectivity index (χ0v) is 9.93. The molecule has 2 fully saturated rings. The number of alkyl halides is 3. The number of hydroxylamine groups is 1. The topological polar surface area (TPSA) is 50.4 Å². The molecule has 104 valence electrons. The monoisotopic (exact) mass is 266 g/mol. The maximum absolute atomic E-state index is 11.8. The summed E-state index contributed by atoms with van der Waals surface area (Å²) in [4.78, 5) is 15.8. The van der Waals surface area contributed by atoms with Crippen molar-refractivity contribution in [1.82, 2.24) is 10.8 Å². The van der Waals surface area contributed by atoms with Crippen LogP contribution in [0.2, 0.25) is 0 Å². The van der Waals surface area contributed by atoms with Crippen molar-refractivity contribution >= 4 is 5.91 Å². The number of fused-ring (bicyclic) bond motifs is 1. The van der Waals surface area contributed by atoms with E-state index in [1.54, 1.807) is 0 Å². The van der Waals surface area contributed by atoms with E-state index in [0.717, 1.165) is 19.3 Å². The lowest BCUT2D eigenvalue weighted by molar-refractivity contribution is -0.192. The first-order valence-electron chi connectivity index (χ1n) is 6.20. The van der Waals surface area contributed by atoms with Crippen LogP contribution in [0.25, 0.3) is 0 Å². The van der Waals surface area contributed by atoms with Gasteiger partial charge in [0.1, 0.15) is 0 Å². The third-order valence-corrected chi connectivity index (χ3v) is 3.59. The molecule has 3 unspecified atom stereocenters. The molecule has 2 N–H and O–H groups in total. The maximum Gasteiger partial charge on any atom is 0.414 e. The molecular formula is C11H17F3N2O2. The van der Waals surface area contributed by atoms with Crippen molar-refractivity contribution in [3.05, 3.63) is 0 Å². The Bertz CT molecular complexity index is 295. The van der Waals surface area contributed by atoms with Crippen LogP contribution in [0.4, 0.5) is 13.2 Å². The molecule has 18 heavy (non-hydrogen) atoms. The minimum atomic E-state index is -4.43. The van der Waals surface area contributed by atoms with Crippen LogP contribution in [0.15, 0.2) is 0 Å². The summed E-state index contributed by atoms with van der Waals surface area (Å²) < 4.78 is 35.5. The molecule has 0 aromatic heterocycles. The van der Waals surface area contributed by atoms with Crippen LogP contribution in [0, 0.1) is 5.92 Å². The molecule has 1 aliphatic heterocycles. The number of hydrogen-bond donors (Lipinski definition) is 2. The molecule has 1 amide bonds. The van der Waals surface area contributed by atoms with Gasteiger partial charge in [0.2, 0.25) is 0 Å². The number of hydrogen-bond acceptors (Lipinski definition) is 3. The van der Waals surface area contributed by atoms with Gasteiger partial charge in [-0.05, 0) is 25.2 Å². The Morgan fingerprint density at radius 3 is 2.72 bits per heavy atom. The third kappa shape index (κ3) is 3.58. The van der Waals surface area contributed by atoms with Gasteiger partial charge in [-0.1, -0.05) is 12.8 Å². The Morgan fingerprint density at radius 1 is 1.33 bits per heavy atom. The van der Waals surface area contributed by atoms with Gasteiger partial charge in [-0.2, -0.15) is 13.2 Å². The fraction of sp³-hybridized carbons (Fsp3) is 0.909. The lowest BCUT2D eigenvalue weighted by atomic mass is 9.85. The first-order valence-corrected chi connectivity index (χ1v) is 6.20. The molecule has 0 spiro atoms. The first-order chi connectivity index (χ1) is 8.46. The highest BCUT2D eigenvalue weighted by molar-refractivity contribution is 5.81. The van der Waals surface area contributed by atoms with E-state index in [1.807, 2.05) is 5.48 Å².